The summed E-state index contributed by atoms with van der Waals surface area (Å²) in [6.45, 7) is 0.371. The first-order valence-electron chi connectivity index (χ1n) is 4.44. The fourth-order valence-corrected chi connectivity index (χ4v) is 1.35. The minimum Gasteiger partial charge on any atom is -0.488 e. The zero-order chi connectivity index (χ0) is 11.1. The lowest BCUT2D eigenvalue weighted by molar-refractivity contribution is -0.136. The summed E-state index contributed by atoms with van der Waals surface area (Å²) < 4.78 is 6.28. The molecule has 0 aliphatic rings. The number of hydrogen-bond donors (Lipinski definition) is 1. The molecule has 0 heterocycles. The third-order valence-electron chi connectivity index (χ3n) is 1.63. The standard InChI is InChI=1S/C11H11BrO3/c12-9-5-1-2-6-10(9)15-8-4-3-7-11(13)14/h1-6H,7-8H2,(H,13,14)/b4-3+. The molecule has 0 aliphatic carbocycles. The second-order valence-electron chi connectivity index (χ2n) is 2.81. The molecule has 1 rings (SSSR count). The third kappa shape index (κ3) is 4.65. The molecular weight excluding hydrogens is 260 g/mol. The van der Waals surface area contributed by atoms with E-state index in [9.17, 15) is 4.79 Å². The van der Waals surface area contributed by atoms with Gasteiger partial charge in [-0.2, -0.15) is 0 Å². The van der Waals surface area contributed by atoms with Crippen LogP contribution in [0.5, 0.6) is 5.75 Å². The molecule has 0 aromatic heterocycles. The summed E-state index contributed by atoms with van der Waals surface area (Å²) in [5.41, 5.74) is 0. The van der Waals surface area contributed by atoms with Crippen molar-refractivity contribution in [1.82, 2.24) is 0 Å². The number of hydrogen-bond acceptors (Lipinski definition) is 2. The van der Waals surface area contributed by atoms with Crippen LogP contribution in [0, 0.1) is 0 Å². The van der Waals surface area contributed by atoms with Crippen LogP contribution in [0.1, 0.15) is 6.42 Å². The van der Waals surface area contributed by atoms with Crippen molar-refractivity contribution in [2.75, 3.05) is 6.61 Å². The van der Waals surface area contributed by atoms with Crippen molar-refractivity contribution < 1.29 is 14.6 Å². The monoisotopic (exact) mass is 270 g/mol. The third-order valence-corrected chi connectivity index (χ3v) is 2.29. The van der Waals surface area contributed by atoms with Gasteiger partial charge in [0.2, 0.25) is 0 Å². The van der Waals surface area contributed by atoms with Crippen LogP contribution in [0.4, 0.5) is 0 Å². The zero-order valence-electron chi connectivity index (χ0n) is 8.02. The smallest absolute Gasteiger partial charge is 0.307 e. The number of carboxylic acids is 1. The van der Waals surface area contributed by atoms with Crippen molar-refractivity contribution in [2.24, 2.45) is 0 Å². The van der Waals surface area contributed by atoms with Gasteiger partial charge >= 0.3 is 5.97 Å². The molecular formula is C11H11BrO3. The Bertz CT molecular complexity index is 361. The molecule has 0 bridgehead atoms. The summed E-state index contributed by atoms with van der Waals surface area (Å²) in [4.78, 5) is 10.2. The molecule has 3 nitrogen and oxygen atoms in total. The van der Waals surface area contributed by atoms with Crippen molar-refractivity contribution in [2.45, 2.75) is 6.42 Å². The maximum atomic E-state index is 10.2. The minimum atomic E-state index is -0.841. The molecule has 0 radical (unpaired) electrons. The average Bonchev–Trinajstić information content (AvgIpc) is 2.20. The largest absolute Gasteiger partial charge is 0.488 e. The van der Waals surface area contributed by atoms with Crippen molar-refractivity contribution in [3.63, 3.8) is 0 Å². The first-order chi connectivity index (χ1) is 7.20. The molecule has 80 valence electrons. The van der Waals surface area contributed by atoms with E-state index < -0.39 is 5.97 Å². The van der Waals surface area contributed by atoms with Gasteiger partial charge in [-0.1, -0.05) is 24.3 Å². The lowest BCUT2D eigenvalue weighted by Gasteiger charge is -2.04. The number of carboxylic acid groups (broad SMARTS) is 1. The molecule has 0 aliphatic heterocycles. The summed E-state index contributed by atoms with van der Waals surface area (Å²) in [6, 6.07) is 7.50. The summed E-state index contributed by atoms with van der Waals surface area (Å²) >= 11 is 3.35. The van der Waals surface area contributed by atoms with E-state index in [1.54, 1.807) is 12.2 Å². The Labute approximate surface area is 96.5 Å². The van der Waals surface area contributed by atoms with Gasteiger partial charge in [0.1, 0.15) is 12.4 Å². The van der Waals surface area contributed by atoms with Crippen LogP contribution in [-0.4, -0.2) is 17.7 Å². The summed E-state index contributed by atoms with van der Waals surface area (Å²) in [6.07, 6.45) is 3.28. The highest BCUT2D eigenvalue weighted by atomic mass is 79.9. The second kappa shape index (κ2) is 6.24. The van der Waals surface area contributed by atoms with E-state index in [2.05, 4.69) is 15.9 Å². The predicted molar refractivity (Wildman–Crippen MR) is 61.0 cm³/mol. The van der Waals surface area contributed by atoms with Gasteiger partial charge in [-0.05, 0) is 28.1 Å². The van der Waals surface area contributed by atoms with Crippen LogP contribution >= 0.6 is 15.9 Å². The fourth-order valence-electron chi connectivity index (χ4n) is 0.952. The van der Waals surface area contributed by atoms with Crippen molar-refractivity contribution >= 4 is 21.9 Å². The first kappa shape index (κ1) is 11.8. The number of aliphatic carboxylic acids is 1. The number of para-hydroxylation sites is 1. The van der Waals surface area contributed by atoms with Gasteiger partial charge in [-0.15, -0.1) is 0 Å². The lowest BCUT2D eigenvalue weighted by Crippen LogP contribution is -1.95. The van der Waals surface area contributed by atoms with E-state index in [4.69, 9.17) is 9.84 Å². The first-order valence-corrected chi connectivity index (χ1v) is 5.23. The molecule has 0 fully saturated rings. The molecule has 0 saturated carbocycles. The van der Waals surface area contributed by atoms with Crippen LogP contribution in [0.15, 0.2) is 40.9 Å². The highest BCUT2D eigenvalue weighted by Crippen LogP contribution is 2.23. The molecule has 0 atom stereocenters. The van der Waals surface area contributed by atoms with Crippen LogP contribution in [0.3, 0.4) is 0 Å². The molecule has 0 amide bonds. The Morgan fingerprint density at radius 3 is 2.80 bits per heavy atom. The summed E-state index contributed by atoms with van der Waals surface area (Å²) in [5, 5.41) is 8.37. The maximum Gasteiger partial charge on any atom is 0.307 e. The van der Waals surface area contributed by atoms with E-state index in [1.807, 2.05) is 24.3 Å². The average molecular weight is 271 g/mol. The van der Waals surface area contributed by atoms with Gasteiger partial charge < -0.3 is 9.84 Å². The number of benzene rings is 1. The molecule has 15 heavy (non-hydrogen) atoms. The van der Waals surface area contributed by atoms with E-state index in [1.165, 1.54) is 0 Å². The topological polar surface area (TPSA) is 46.5 Å². The quantitative estimate of drug-likeness (QED) is 0.837. The van der Waals surface area contributed by atoms with Crippen LogP contribution in [0.2, 0.25) is 0 Å². The second-order valence-corrected chi connectivity index (χ2v) is 3.67. The summed E-state index contributed by atoms with van der Waals surface area (Å²) in [5.74, 6) is -0.0929. The van der Waals surface area contributed by atoms with Crippen molar-refractivity contribution in [3.05, 3.63) is 40.9 Å². The molecule has 1 aromatic carbocycles. The van der Waals surface area contributed by atoms with E-state index in [-0.39, 0.29) is 6.42 Å². The van der Waals surface area contributed by atoms with E-state index in [0.717, 1.165) is 10.2 Å². The lowest BCUT2D eigenvalue weighted by atomic mass is 10.3. The number of halogens is 1. The van der Waals surface area contributed by atoms with E-state index >= 15 is 0 Å². The zero-order valence-corrected chi connectivity index (χ0v) is 9.61. The van der Waals surface area contributed by atoms with E-state index in [0.29, 0.717) is 6.61 Å². The molecule has 0 unspecified atom stereocenters. The number of carbonyl (C=O) groups is 1. The van der Waals surface area contributed by atoms with Crippen LogP contribution in [0.25, 0.3) is 0 Å². The van der Waals surface area contributed by atoms with Gasteiger partial charge in [0.05, 0.1) is 10.9 Å². The molecule has 0 saturated heterocycles. The van der Waals surface area contributed by atoms with Crippen molar-refractivity contribution in [3.8, 4) is 5.75 Å². The Morgan fingerprint density at radius 2 is 2.13 bits per heavy atom. The van der Waals surface area contributed by atoms with Crippen LogP contribution in [-0.2, 0) is 4.79 Å². The Hall–Kier alpha value is -1.29. The van der Waals surface area contributed by atoms with Crippen LogP contribution < -0.4 is 4.74 Å². The normalized spacial score (nSPS) is 10.5. The van der Waals surface area contributed by atoms with Gasteiger partial charge in [-0.3, -0.25) is 4.79 Å². The van der Waals surface area contributed by atoms with Crippen molar-refractivity contribution in [1.29, 1.82) is 0 Å². The number of ether oxygens (including phenoxy) is 1. The molecule has 0 spiro atoms. The Balaban J connectivity index is 2.35. The Morgan fingerprint density at radius 1 is 1.40 bits per heavy atom. The van der Waals surface area contributed by atoms with Gasteiger partial charge in [0.25, 0.3) is 0 Å². The SMILES string of the molecule is O=C(O)C/C=C/COc1ccccc1Br. The molecule has 1 N–H and O–H groups in total. The summed E-state index contributed by atoms with van der Waals surface area (Å²) in [7, 11) is 0. The van der Waals surface area contributed by atoms with Gasteiger partial charge in [0.15, 0.2) is 0 Å². The highest BCUT2D eigenvalue weighted by Gasteiger charge is 1.96. The Kier molecular flexibility index (Phi) is 4.90. The van der Waals surface area contributed by atoms with Gasteiger partial charge in [-0.25, -0.2) is 0 Å². The molecule has 4 heteroatoms. The minimum absolute atomic E-state index is 0.0271. The number of rotatable bonds is 5. The fraction of sp³-hybridized carbons (Fsp3) is 0.182. The molecule has 1 aromatic rings. The maximum absolute atomic E-state index is 10.2. The highest BCUT2D eigenvalue weighted by molar-refractivity contribution is 9.10. The predicted octanol–water partition coefficient (Wildman–Crippen LogP) is 2.86. The van der Waals surface area contributed by atoms with Gasteiger partial charge in [0, 0.05) is 0 Å².